The molecule has 132 valence electrons. The van der Waals surface area contributed by atoms with E-state index in [9.17, 15) is 4.79 Å². The molecule has 8 heteroatoms. The maximum absolute atomic E-state index is 11.7. The second-order valence-corrected chi connectivity index (χ2v) is 5.27. The topological polar surface area (TPSA) is 115 Å². The van der Waals surface area contributed by atoms with Crippen LogP contribution >= 0.6 is 0 Å². The van der Waals surface area contributed by atoms with E-state index in [2.05, 4.69) is 25.6 Å². The zero-order chi connectivity index (χ0) is 18.4. The van der Waals surface area contributed by atoms with Gasteiger partial charge in [-0.1, -0.05) is 0 Å². The van der Waals surface area contributed by atoms with E-state index < -0.39 is 0 Å². The minimum absolute atomic E-state index is 0.336. The second kappa shape index (κ2) is 7.93. The zero-order valence-electron chi connectivity index (χ0n) is 14.1. The number of esters is 1. The highest BCUT2D eigenvalue weighted by Gasteiger charge is 2.10. The van der Waals surface area contributed by atoms with Gasteiger partial charge in [0.25, 0.3) is 0 Å². The summed E-state index contributed by atoms with van der Waals surface area (Å²) in [4.78, 5) is 24.1. The van der Waals surface area contributed by atoms with E-state index in [0.29, 0.717) is 29.5 Å². The summed E-state index contributed by atoms with van der Waals surface area (Å²) in [6, 6.07) is 10.5. The molecule has 0 fully saturated rings. The fraction of sp³-hybridized carbons (Fsp3) is 0.111. The van der Waals surface area contributed by atoms with Crippen LogP contribution in [-0.2, 0) is 4.74 Å². The lowest BCUT2D eigenvalue weighted by atomic mass is 10.2. The monoisotopic (exact) mass is 350 g/mol. The average molecular weight is 350 g/mol. The molecule has 0 spiro atoms. The van der Waals surface area contributed by atoms with Crippen molar-refractivity contribution in [1.82, 2.24) is 15.0 Å². The standard InChI is InChI=1S/C18H18N6O2/c1-2-26-18(25)12-5-7-13(8-6-12)23-16-15(19)17(22-11-21-16)24-14-4-3-9-20-10-14/h3-11H,2,19H2,1H3,(H2,21,22,23,24). The Hall–Kier alpha value is -3.68. The molecule has 0 unspecified atom stereocenters. The van der Waals surface area contributed by atoms with E-state index >= 15 is 0 Å². The summed E-state index contributed by atoms with van der Waals surface area (Å²) in [6.45, 7) is 2.10. The van der Waals surface area contributed by atoms with Gasteiger partial charge in [-0.05, 0) is 43.3 Å². The first-order valence-electron chi connectivity index (χ1n) is 7.99. The van der Waals surface area contributed by atoms with Crippen molar-refractivity contribution in [1.29, 1.82) is 0 Å². The molecule has 8 nitrogen and oxygen atoms in total. The fourth-order valence-corrected chi connectivity index (χ4v) is 2.21. The third-order valence-corrected chi connectivity index (χ3v) is 3.47. The highest BCUT2D eigenvalue weighted by Crippen LogP contribution is 2.27. The molecule has 3 rings (SSSR count). The van der Waals surface area contributed by atoms with Crippen LogP contribution in [0, 0.1) is 0 Å². The van der Waals surface area contributed by atoms with Crippen LogP contribution in [0.5, 0.6) is 0 Å². The highest BCUT2D eigenvalue weighted by atomic mass is 16.5. The third kappa shape index (κ3) is 4.04. The van der Waals surface area contributed by atoms with Gasteiger partial charge < -0.3 is 21.1 Å². The van der Waals surface area contributed by atoms with E-state index in [1.165, 1.54) is 6.33 Å². The quantitative estimate of drug-likeness (QED) is 0.581. The van der Waals surface area contributed by atoms with Gasteiger partial charge in [-0.2, -0.15) is 0 Å². The smallest absolute Gasteiger partial charge is 0.338 e. The molecule has 4 N–H and O–H groups in total. The van der Waals surface area contributed by atoms with Crippen LogP contribution in [0.2, 0.25) is 0 Å². The van der Waals surface area contributed by atoms with Crippen LogP contribution in [-0.4, -0.2) is 27.5 Å². The summed E-state index contributed by atoms with van der Waals surface area (Å²) >= 11 is 0. The largest absolute Gasteiger partial charge is 0.462 e. The molecule has 0 aliphatic rings. The number of nitrogens with zero attached hydrogens (tertiary/aromatic N) is 3. The number of carbonyl (C=O) groups is 1. The summed E-state index contributed by atoms with van der Waals surface area (Å²) in [5.74, 6) is 0.567. The van der Waals surface area contributed by atoms with Crippen LogP contribution in [0.25, 0.3) is 0 Å². The van der Waals surface area contributed by atoms with Gasteiger partial charge in [0.15, 0.2) is 11.6 Å². The Morgan fingerprint density at radius 2 is 1.77 bits per heavy atom. The normalized spacial score (nSPS) is 10.2. The molecule has 2 heterocycles. The van der Waals surface area contributed by atoms with Gasteiger partial charge in [-0.15, -0.1) is 0 Å². The number of aromatic nitrogens is 3. The number of hydrogen-bond acceptors (Lipinski definition) is 8. The van der Waals surface area contributed by atoms with E-state index in [0.717, 1.165) is 11.4 Å². The molecular formula is C18H18N6O2. The number of hydrogen-bond donors (Lipinski definition) is 3. The SMILES string of the molecule is CCOC(=O)c1ccc(Nc2ncnc(Nc3cccnc3)c2N)cc1. The molecule has 0 radical (unpaired) electrons. The van der Waals surface area contributed by atoms with Crippen LogP contribution in [0.1, 0.15) is 17.3 Å². The summed E-state index contributed by atoms with van der Waals surface area (Å²) in [6.07, 6.45) is 4.76. The van der Waals surface area contributed by atoms with E-state index in [1.807, 2.05) is 12.1 Å². The van der Waals surface area contributed by atoms with E-state index in [-0.39, 0.29) is 5.97 Å². The number of nitrogen functional groups attached to an aromatic ring is 1. The summed E-state index contributed by atoms with van der Waals surface area (Å²) in [7, 11) is 0. The zero-order valence-corrected chi connectivity index (χ0v) is 14.1. The van der Waals surface area contributed by atoms with Crippen molar-refractivity contribution in [3.8, 4) is 0 Å². The Bertz CT molecular complexity index is 884. The van der Waals surface area contributed by atoms with Gasteiger partial charge in [0.1, 0.15) is 12.0 Å². The first kappa shape index (κ1) is 17.2. The predicted octanol–water partition coefficient (Wildman–Crippen LogP) is 3.12. The number of rotatable bonds is 6. The molecule has 0 amide bonds. The van der Waals surface area contributed by atoms with Crippen molar-refractivity contribution >= 4 is 34.7 Å². The first-order valence-corrected chi connectivity index (χ1v) is 7.99. The van der Waals surface area contributed by atoms with Crippen LogP contribution in [0.15, 0.2) is 55.1 Å². The average Bonchev–Trinajstić information content (AvgIpc) is 2.66. The number of nitrogens with one attached hydrogen (secondary N) is 2. The van der Waals surface area contributed by atoms with Crippen molar-refractivity contribution in [2.24, 2.45) is 0 Å². The van der Waals surface area contributed by atoms with Crippen LogP contribution in [0.3, 0.4) is 0 Å². The lowest BCUT2D eigenvalue weighted by Gasteiger charge is -2.12. The molecule has 0 bridgehead atoms. The summed E-state index contributed by atoms with van der Waals surface area (Å²) in [5, 5.41) is 6.21. The van der Waals surface area contributed by atoms with E-state index in [1.54, 1.807) is 43.6 Å². The number of anilines is 5. The molecule has 0 aliphatic heterocycles. The fourth-order valence-electron chi connectivity index (χ4n) is 2.21. The second-order valence-electron chi connectivity index (χ2n) is 5.27. The maximum atomic E-state index is 11.7. The van der Waals surface area contributed by atoms with Crippen LogP contribution in [0.4, 0.5) is 28.7 Å². The first-order chi connectivity index (χ1) is 12.7. The van der Waals surface area contributed by atoms with Gasteiger partial charge in [-0.25, -0.2) is 14.8 Å². The predicted molar refractivity (Wildman–Crippen MR) is 99.6 cm³/mol. The van der Waals surface area contributed by atoms with Crippen molar-refractivity contribution in [3.05, 3.63) is 60.7 Å². The Kier molecular flexibility index (Phi) is 5.23. The van der Waals surface area contributed by atoms with Gasteiger partial charge in [0, 0.05) is 11.9 Å². The number of pyridine rings is 1. The molecule has 26 heavy (non-hydrogen) atoms. The molecule has 0 atom stereocenters. The number of nitrogens with two attached hydrogens (primary N) is 1. The minimum Gasteiger partial charge on any atom is -0.462 e. The maximum Gasteiger partial charge on any atom is 0.338 e. The number of ether oxygens (including phenoxy) is 1. The van der Waals surface area contributed by atoms with Crippen molar-refractivity contribution in [3.63, 3.8) is 0 Å². The Balaban J connectivity index is 1.76. The molecule has 0 saturated heterocycles. The van der Waals surface area contributed by atoms with E-state index in [4.69, 9.17) is 10.5 Å². The summed E-state index contributed by atoms with van der Waals surface area (Å²) in [5.41, 5.74) is 8.50. The molecule has 0 saturated carbocycles. The minimum atomic E-state index is -0.358. The Labute approximate surface area is 150 Å². The molecule has 3 aromatic rings. The van der Waals surface area contributed by atoms with Gasteiger partial charge in [0.05, 0.1) is 24.1 Å². The molecule has 0 aliphatic carbocycles. The number of carbonyl (C=O) groups excluding carboxylic acids is 1. The Morgan fingerprint density at radius 3 is 2.38 bits per heavy atom. The highest BCUT2D eigenvalue weighted by molar-refractivity contribution is 5.90. The lowest BCUT2D eigenvalue weighted by Crippen LogP contribution is -2.06. The van der Waals surface area contributed by atoms with Crippen LogP contribution < -0.4 is 16.4 Å². The lowest BCUT2D eigenvalue weighted by molar-refractivity contribution is 0.0526. The molecule has 1 aromatic carbocycles. The number of benzene rings is 1. The van der Waals surface area contributed by atoms with Gasteiger partial charge in [0.2, 0.25) is 0 Å². The third-order valence-electron chi connectivity index (χ3n) is 3.47. The van der Waals surface area contributed by atoms with Gasteiger partial charge in [-0.3, -0.25) is 4.98 Å². The van der Waals surface area contributed by atoms with Crippen molar-refractivity contribution in [2.75, 3.05) is 23.0 Å². The molecular weight excluding hydrogens is 332 g/mol. The van der Waals surface area contributed by atoms with Crippen molar-refractivity contribution < 1.29 is 9.53 Å². The molecule has 2 aromatic heterocycles. The van der Waals surface area contributed by atoms with Gasteiger partial charge >= 0.3 is 5.97 Å². The Morgan fingerprint density at radius 1 is 1.08 bits per heavy atom. The summed E-state index contributed by atoms with van der Waals surface area (Å²) < 4.78 is 4.96. The van der Waals surface area contributed by atoms with Crippen molar-refractivity contribution in [2.45, 2.75) is 6.92 Å².